The van der Waals surface area contributed by atoms with E-state index in [9.17, 15) is 36.2 Å². The highest BCUT2D eigenvalue weighted by molar-refractivity contribution is 7.86. The fraction of sp³-hybridized carbons (Fsp3) is 0.171. The molecule has 272 valence electrons. The van der Waals surface area contributed by atoms with E-state index in [0.717, 1.165) is 23.4 Å². The summed E-state index contributed by atoms with van der Waals surface area (Å²) < 4.78 is 72.7. The SMILES string of the molecule is CCC(O)N(c1ncnc(C(=C(N)c2ccc(Nc3ccccc3)cc2S(=O)(=O)O)c2ccc(Nc3ccccc3)cc2S(=O)(=O)O)n1)C(O)CC. The van der Waals surface area contributed by atoms with Gasteiger partial charge in [0.2, 0.25) is 5.95 Å². The van der Waals surface area contributed by atoms with Crippen LogP contribution in [0.1, 0.15) is 43.6 Å². The summed E-state index contributed by atoms with van der Waals surface area (Å²) >= 11 is 0. The van der Waals surface area contributed by atoms with Crippen molar-refractivity contribution < 1.29 is 36.2 Å². The van der Waals surface area contributed by atoms with E-state index < -0.39 is 48.2 Å². The Morgan fingerprint density at radius 2 is 1.15 bits per heavy atom. The van der Waals surface area contributed by atoms with Gasteiger partial charge in [-0.25, -0.2) is 9.97 Å². The Labute approximate surface area is 301 Å². The number of aromatic nitrogens is 3. The molecule has 0 fully saturated rings. The van der Waals surface area contributed by atoms with Crippen molar-refractivity contribution in [2.75, 3.05) is 15.5 Å². The standard InChI is InChI=1S/C35H37N7O8S2/c1-3-30(43)42(31(44)4-2)35-38-21-37-34(41-35)32(26-17-15-24(19-28(26)51(45,46)47)39-22-11-7-5-8-12-22)33(36)27-18-16-25(20-29(27)52(48,49)50)40-23-13-9-6-10-14-23/h5-21,30-31,39-40,43-44H,3-4,36H2,1-2H3,(H,45,46,47)(H,48,49,50). The van der Waals surface area contributed by atoms with Crippen LogP contribution in [0.4, 0.5) is 28.7 Å². The van der Waals surface area contributed by atoms with Crippen molar-refractivity contribution in [1.29, 1.82) is 0 Å². The molecule has 2 atom stereocenters. The number of para-hydroxylation sites is 2. The van der Waals surface area contributed by atoms with Crippen LogP contribution in [-0.2, 0) is 20.2 Å². The number of aliphatic hydroxyl groups is 2. The predicted molar refractivity (Wildman–Crippen MR) is 197 cm³/mol. The average molecular weight is 748 g/mol. The summed E-state index contributed by atoms with van der Waals surface area (Å²) in [4.78, 5) is 12.6. The molecule has 15 nitrogen and oxygen atoms in total. The molecule has 0 amide bonds. The zero-order valence-corrected chi connectivity index (χ0v) is 29.6. The molecule has 17 heteroatoms. The van der Waals surface area contributed by atoms with Crippen molar-refractivity contribution in [3.05, 3.63) is 120 Å². The summed E-state index contributed by atoms with van der Waals surface area (Å²) in [6.45, 7) is 3.34. The normalized spacial score (nSPS) is 13.5. The molecule has 1 heterocycles. The molecule has 0 bridgehead atoms. The molecule has 5 rings (SSSR count). The van der Waals surface area contributed by atoms with Crippen LogP contribution in [-0.4, -0.2) is 63.6 Å². The second-order valence-electron chi connectivity index (χ2n) is 11.4. The lowest BCUT2D eigenvalue weighted by Gasteiger charge is -2.31. The summed E-state index contributed by atoms with van der Waals surface area (Å²) in [5, 5.41) is 27.7. The number of benzene rings is 4. The molecule has 0 aliphatic rings. The Morgan fingerprint density at radius 3 is 1.62 bits per heavy atom. The fourth-order valence-electron chi connectivity index (χ4n) is 5.34. The van der Waals surface area contributed by atoms with E-state index in [1.807, 2.05) is 0 Å². The molecule has 0 saturated carbocycles. The number of hydrogen-bond donors (Lipinski definition) is 7. The highest BCUT2D eigenvalue weighted by atomic mass is 32.2. The van der Waals surface area contributed by atoms with Gasteiger partial charge in [0.25, 0.3) is 20.2 Å². The van der Waals surface area contributed by atoms with Crippen molar-refractivity contribution in [3.8, 4) is 0 Å². The van der Waals surface area contributed by atoms with Gasteiger partial charge < -0.3 is 26.6 Å². The summed E-state index contributed by atoms with van der Waals surface area (Å²) in [5.41, 5.74) is 7.31. The number of nitrogens with one attached hydrogen (secondary N) is 2. The van der Waals surface area contributed by atoms with Gasteiger partial charge in [-0.05, 0) is 67.4 Å². The zero-order chi connectivity index (χ0) is 37.6. The molecule has 0 aliphatic carbocycles. The quantitative estimate of drug-likeness (QED) is 0.0450. The van der Waals surface area contributed by atoms with E-state index in [2.05, 4.69) is 25.6 Å². The molecule has 4 aromatic carbocycles. The Bertz CT molecular complexity index is 2280. The summed E-state index contributed by atoms with van der Waals surface area (Å²) in [6, 6.07) is 25.5. The van der Waals surface area contributed by atoms with Gasteiger partial charge in [-0.3, -0.25) is 14.0 Å². The van der Waals surface area contributed by atoms with E-state index in [1.54, 1.807) is 74.5 Å². The number of rotatable bonds is 14. The third-order valence-electron chi connectivity index (χ3n) is 7.86. The first-order chi connectivity index (χ1) is 24.7. The van der Waals surface area contributed by atoms with Crippen LogP contribution in [0.15, 0.2) is 113 Å². The molecule has 0 radical (unpaired) electrons. The van der Waals surface area contributed by atoms with Crippen molar-refractivity contribution in [2.45, 2.75) is 48.9 Å². The number of anilines is 5. The van der Waals surface area contributed by atoms with Crippen LogP contribution in [0.3, 0.4) is 0 Å². The third kappa shape index (κ3) is 8.71. The van der Waals surface area contributed by atoms with Gasteiger partial charge in [-0.2, -0.15) is 21.8 Å². The molecule has 2 unspecified atom stereocenters. The second kappa shape index (κ2) is 15.9. The molecule has 0 saturated heterocycles. The molecule has 52 heavy (non-hydrogen) atoms. The summed E-state index contributed by atoms with van der Waals surface area (Å²) in [6.07, 6.45) is -1.14. The minimum Gasteiger partial charge on any atom is -0.398 e. The third-order valence-corrected chi connectivity index (χ3v) is 9.65. The van der Waals surface area contributed by atoms with Crippen molar-refractivity contribution in [3.63, 3.8) is 0 Å². The molecule has 0 spiro atoms. The molecule has 5 aromatic rings. The number of nitrogens with zero attached hydrogens (tertiary/aromatic N) is 4. The monoisotopic (exact) mass is 747 g/mol. The van der Waals surface area contributed by atoms with Crippen molar-refractivity contribution >= 4 is 60.2 Å². The maximum absolute atomic E-state index is 13.0. The van der Waals surface area contributed by atoms with Crippen LogP contribution >= 0.6 is 0 Å². The van der Waals surface area contributed by atoms with Gasteiger partial charge in [-0.1, -0.05) is 56.3 Å². The van der Waals surface area contributed by atoms with Gasteiger partial charge in [0.05, 0.1) is 11.3 Å². The lowest BCUT2D eigenvalue weighted by molar-refractivity contribution is 0.0776. The second-order valence-corrected chi connectivity index (χ2v) is 14.2. The molecular weight excluding hydrogens is 711 g/mol. The van der Waals surface area contributed by atoms with Crippen LogP contribution < -0.4 is 21.3 Å². The van der Waals surface area contributed by atoms with Crippen LogP contribution in [0.25, 0.3) is 11.3 Å². The van der Waals surface area contributed by atoms with Crippen LogP contribution in [0, 0.1) is 0 Å². The van der Waals surface area contributed by atoms with E-state index in [0.29, 0.717) is 11.4 Å². The Kier molecular flexibility index (Phi) is 11.5. The highest BCUT2D eigenvalue weighted by Crippen LogP contribution is 2.37. The minimum atomic E-state index is -5.03. The first kappa shape index (κ1) is 37.8. The van der Waals surface area contributed by atoms with Crippen LogP contribution in [0.2, 0.25) is 0 Å². The van der Waals surface area contributed by atoms with Crippen LogP contribution in [0.5, 0.6) is 0 Å². The lowest BCUT2D eigenvalue weighted by Crippen LogP contribution is -2.44. The largest absolute Gasteiger partial charge is 0.398 e. The maximum Gasteiger partial charge on any atom is 0.295 e. The van der Waals surface area contributed by atoms with Gasteiger partial charge in [0.15, 0.2) is 5.82 Å². The van der Waals surface area contributed by atoms with Gasteiger partial charge >= 0.3 is 0 Å². The molecule has 1 aromatic heterocycles. The Morgan fingerprint density at radius 1 is 0.692 bits per heavy atom. The summed E-state index contributed by atoms with van der Waals surface area (Å²) in [5.74, 6) is -0.535. The number of nitrogens with two attached hydrogens (primary N) is 1. The first-order valence-corrected chi connectivity index (χ1v) is 18.8. The minimum absolute atomic E-state index is 0.160. The van der Waals surface area contributed by atoms with Gasteiger partial charge in [0.1, 0.15) is 28.6 Å². The van der Waals surface area contributed by atoms with Gasteiger partial charge in [0, 0.05) is 33.9 Å². The predicted octanol–water partition coefficient (Wildman–Crippen LogP) is 4.99. The van der Waals surface area contributed by atoms with E-state index in [1.165, 1.54) is 24.3 Å². The van der Waals surface area contributed by atoms with Crippen molar-refractivity contribution in [1.82, 2.24) is 15.0 Å². The van der Waals surface area contributed by atoms with E-state index in [4.69, 9.17) is 5.73 Å². The average Bonchev–Trinajstić information content (AvgIpc) is 3.12. The molecular formula is C35H37N7O8S2. The Balaban J connectivity index is 1.80. The lowest BCUT2D eigenvalue weighted by atomic mass is 9.98. The Hall–Kier alpha value is -5.43. The van der Waals surface area contributed by atoms with E-state index in [-0.39, 0.29) is 52.7 Å². The topological polar surface area (TPSA) is 241 Å². The summed E-state index contributed by atoms with van der Waals surface area (Å²) in [7, 11) is -10.0. The number of hydrogen-bond acceptors (Lipinski definition) is 13. The van der Waals surface area contributed by atoms with Crippen molar-refractivity contribution in [2.24, 2.45) is 5.73 Å². The maximum atomic E-state index is 13.0. The smallest absolute Gasteiger partial charge is 0.295 e. The molecule has 8 N–H and O–H groups in total. The fourth-order valence-corrected chi connectivity index (χ4v) is 6.80. The number of aliphatic hydroxyl groups excluding tert-OH is 2. The van der Waals surface area contributed by atoms with Gasteiger partial charge in [-0.15, -0.1) is 0 Å². The molecule has 0 aliphatic heterocycles. The first-order valence-electron chi connectivity index (χ1n) is 15.9. The highest BCUT2D eigenvalue weighted by Gasteiger charge is 2.29. The zero-order valence-electron chi connectivity index (χ0n) is 28.0. The van der Waals surface area contributed by atoms with E-state index >= 15 is 0 Å².